The molecule has 0 spiro atoms. The van der Waals surface area contributed by atoms with Crippen molar-refractivity contribution in [3.8, 4) is 0 Å². The molecule has 0 aliphatic carbocycles. The Balaban J connectivity index is 2.35. The first-order valence-corrected chi connectivity index (χ1v) is 4.81. The van der Waals surface area contributed by atoms with E-state index in [4.69, 9.17) is 0 Å². The van der Waals surface area contributed by atoms with E-state index >= 15 is 0 Å². The molecule has 0 radical (unpaired) electrons. The standard InChI is InChI=1S/C11H15N3/c1-11(2,3)4-9-5-13-10-6-12-8-14(10)7-9/h5-8H,4H2,1-3H3. The molecular formula is C11H15N3. The second-order valence-electron chi connectivity index (χ2n) is 4.86. The smallest absolute Gasteiger partial charge is 0.156 e. The van der Waals surface area contributed by atoms with Crippen LogP contribution in [0.4, 0.5) is 0 Å². The van der Waals surface area contributed by atoms with Crippen LogP contribution < -0.4 is 0 Å². The molecule has 3 nitrogen and oxygen atoms in total. The van der Waals surface area contributed by atoms with Crippen LogP contribution in [0.15, 0.2) is 24.9 Å². The Bertz CT molecular complexity index is 437. The Morgan fingerprint density at radius 1 is 1.29 bits per heavy atom. The molecule has 0 atom stereocenters. The molecule has 0 fully saturated rings. The van der Waals surface area contributed by atoms with Crippen molar-refractivity contribution in [2.45, 2.75) is 27.2 Å². The molecular weight excluding hydrogens is 174 g/mol. The van der Waals surface area contributed by atoms with E-state index in [1.807, 2.05) is 10.6 Å². The van der Waals surface area contributed by atoms with Gasteiger partial charge < -0.3 is 0 Å². The minimum absolute atomic E-state index is 0.302. The Hall–Kier alpha value is -1.38. The molecule has 0 amide bonds. The molecule has 0 bridgehead atoms. The average molecular weight is 189 g/mol. The normalized spacial score (nSPS) is 12.2. The van der Waals surface area contributed by atoms with Gasteiger partial charge in [0.1, 0.15) is 6.33 Å². The number of fused-ring (bicyclic) bond motifs is 1. The summed E-state index contributed by atoms with van der Waals surface area (Å²) in [7, 11) is 0. The first-order valence-electron chi connectivity index (χ1n) is 4.81. The summed E-state index contributed by atoms with van der Waals surface area (Å²) in [6.45, 7) is 6.68. The first kappa shape index (κ1) is 9.19. The quantitative estimate of drug-likeness (QED) is 0.689. The van der Waals surface area contributed by atoms with Gasteiger partial charge in [0.15, 0.2) is 5.65 Å². The van der Waals surface area contributed by atoms with E-state index in [0.717, 1.165) is 12.1 Å². The van der Waals surface area contributed by atoms with Crippen LogP contribution in [0, 0.1) is 5.41 Å². The van der Waals surface area contributed by atoms with Gasteiger partial charge in [-0.25, -0.2) is 9.97 Å². The largest absolute Gasteiger partial charge is 0.290 e. The zero-order valence-electron chi connectivity index (χ0n) is 8.86. The summed E-state index contributed by atoms with van der Waals surface area (Å²) in [6, 6.07) is 0. The van der Waals surface area contributed by atoms with E-state index in [0.29, 0.717) is 5.41 Å². The molecule has 2 rings (SSSR count). The molecule has 74 valence electrons. The van der Waals surface area contributed by atoms with Crippen molar-refractivity contribution in [1.29, 1.82) is 0 Å². The predicted octanol–water partition coefficient (Wildman–Crippen LogP) is 2.32. The van der Waals surface area contributed by atoms with Gasteiger partial charge in [0, 0.05) is 12.4 Å². The Labute approximate surface area is 83.8 Å². The second kappa shape index (κ2) is 3.08. The van der Waals surface area contributed by atoms with Gasteiger partial charge in [-0.1, -0.05) is 20.8 Å². The summed E-state index contributed by atoms with van der Waals surface area (Å²) in [5.74, 6) is 0. The zero-order valence-corrected chi connectivity index (χ0v) is 8.86. The van der Waals surface area contributed by atoms with Crippen LogP contribution in [-0.2, 0) is 6.42 Å². The van der Waals surface area contributed by atoms with Crippen molar-refractivity contribution in [1.82, 2.24) is 14.4 Å². The van der Waals surface area contributed by atoms with E-state index in [2.05, 4.69) is 36.9 Å². The van der Waals surface area contributed by atoms with Crippen molar-refractivity contribution in [3.63, 3.8) is 0 Å². The van der Waals surface area contributed by atoms with Gasteiger partial charge in [-0.15, -0.1) is 0 Å². The molecule has 0 aromatic carbocycles. The molecule has 0 saturated heterocycles. The fraction of sp³-hybridized carbons (Fsp3) is 0.455. The van der Waals surface area contributed by atoms with Crippen LogP contribution in [0.1, 0.15) is 26.3 Å². The Morgan fingerprint density at radius 3 is 2.79 bits per heavy atom. The maximum atomic E-state index is 4.33. The predicted molar refractivity (Wildman–Crippen MR) is 56.1 cm³/mol. The number of nitrogens with zero attached hydrogens (tertiary/aromatic N) is 3. The number of hydrogen-bond donors (Lipinski definition) is 0. The first-order chi connectivity index (χ1) is 6.54. The number of hydrogen-bond acceptors (Lipinski definition) is 2. The molecule has 2 aromatic rings. The number of aromatic nitrogens is 3. The molecule has 0 aliphatic heterocycles. The number of imidazole rings is 1. The zero-order chi connectivity index (χ0) is 10.2. The minimum Gasteiger partial charge on any atom is -0.290 e. The molecule has 0 N–H and O–H groups in total. The lowest BCUT2D eigenvalue weighted by atomic mass is 9.89. The summed E-state index contributed by atoms with van der Waals surface area (Å²) in [5, 5.41) is 0. The highest BCUT2D eigenvalue weighted by Crippen LogP contribution is 2.19. The van der Waals surface area contributed by atoms with Crippen LogP contribution in [-0.4, -0.2) is 14.4 Å². The monoisotopic (exact) mass is 189 g/mol. The summed E-state index contributed by atoms with van der Waals surface area (Å²) in [5.41, 5.74) is 2.46. The molecule has 14 heavy (non-hydrogen) atoms. The van der Waals surface area contributed by atoms with Crippen molar-refractivity contribution in [3.05, 3.63) is 30.5 Å². The van der Waals surface area contributed by atoms with Crippen LogP contribution in [0.2, 0.25) is 0 Å². The highest BCUT2D eigenvalue weighted by Gasteiger charge is 2.11. The highest BCUT2D eigenvalue weighted by atomic mass is 15.0. The fourth-order valence-corrected chi connectivity index (χ4v) is 1.56. The molecule has 0 unspecified atom stereocenters. The van der Waals surface area contributed by atoms with Gasteiger partial charge in [-0.2, -0.15) is 0 Å². The number of rotatable bonds is 1. The van der Waals surface area contributed by atoms with Gasteiger partial charge in [0.25, 0.3) is 0 Å². The summed E-state index contributed by atoms with van der Waals surface area (Å²) in [6.07, 6.45) is 8.62. The Kier molecular flexibility index (Phi) is 2.02. The van der Waals surface area contributed by atoms with E-state index in [9.17, 15) is 0 Å². The van der Waals surface area contributed by atoms with Gasteiger partial charge >= 0.3 is 0 Å². The summed E-state index contributed by atoms with van der Waals surface area (Å²) in [4.78, 5) is 8.37. The third-order valence-corrected chi connectivity index (χ3v) is 2.05. The van der Waals surface area contributed by atoms with Gasteiger partial charge in [0.2, 0.25) is 0 Å². The van der Waals surface area contributed by atoms with Crippen molar-refractivity contribution in [2.75, 3.05) is 0 Å². The summed E-state index contributed by atoms with van der Waals surface area (Å²) < 4.78 is 1.96. The van der Waals surface area contributed by atoms with Crippen LogP contribution in [0.3, 0.4) is 0 Å². The lowest BCUT2D eigenvalue weighted by Gasteiger charge is -2.17. The van der Waals surface area contributed by atoms with Gasteiger partial charge in [-0.3, -0.25) is 4.40 Å². The van der Waals surface area contributed by atoms with E-state index in [-0.39, 0.29) is 0 Å². The van der Waals surface area contributed by atoms with E-state index in [1.54, 1.807) is 12.5 Å². The third-order valence-electron chi connectivity index (χ3n) is 2.05. The molecule has 2 heterocycles. The molecule has 0 saturated carbocycles. The maximum absolute atomic E-state index is 4.33. The van der Waals surface area contributed by atoms with Crippen LogP contribution >= 0.6 is 0 Å². The SMILES string of the molecule is CC(C)(C)Cc1cnc2cncn2c1. The van der Waals surface area contributed by atoms with Crippen molar-refractivity contribution < 1.29 is 0 Å². The fourth-order valence-electron chi connectivity index (χ4n) is 1.56. The van der Waals surface area contributed by atoms with E-state index < -0.39 is 0 Å². The van der Waals surface area contributed by atoms with Crippen LogP contribution in [0.25, 0.3) is 5.65 Å². The van der Waals surface area contributed by atoms with E-state index in [1.165, 1.54) is 5.56 Å². The average Bonchev–Trinajstić information content (AvgIpc) is 2.47. The second-order valence-corrected chi connectivity index (χ2v) is 4.86. The topological polar surface area (TPSA) is 30.2 Å². The van der Waals surface area contributed by atoms with Crippen molar-refractivity contribution >= 4 is 5.65 Å². The lowest BCUT2D eigenvalue weighted by Crippen LogP contribution is -2.09. The summed E-state index contributed by atoms with van der Waals surface area (Å²) >= 11 is 0. The lowest BCUT2D eigenvalue weighted by molar-refractivity contribution is 0.410. The third kappa shape index (κ3) is 1.92. The highest BCUT2D eigenvalue weighted by molar-refractivity contribution is 5.35. The van der Waals surface area contributed by atoms with Gasteiger partial charge in [0.05, 0.1) is 6.20 Å². The van der Waals surface area contributed by atoms with Crippen LogP contribution in [0.5, 0.6) is 0 Å². The van der Waals surface area contributed by atoms with Crippen molar-refractivity contribution in [2.24, 2.45) is 5.41 Å². The molecule has 3 heteroatoms. The molecule has 0 aliphatic rings. The van der Waals surface area contributed by atoms with Gasteiger partial charge in [-0.05, 0) is 17.4 Å². The maximum Gasteiger partial charge on any atom is 0.156 e. The minimum atomic E-state index is 0.302. The Morgan fingerprint density at radius 2 is 2.07 bits per heavy atom. The molecule has 2 aromatic heterocycles.